The molecule has 4 N–H and O–H groups in total. The molecular weight excluding hydrogens is 500 g/mol. The number of benzene rings is 3. The Morgan fingerprint density at radius 2 is 1.27 bits per heavy atom. The molecule has 0 amide bonds. The number of rotatable bonds is 10. The zero-order valence-corrected chi connectivity index (χ0v) is 22.5. The van der Waals surface area contributed by atoms with Crippen LogP contribution in [0.25, 0.3) is 0 Å². The van der Waals surface area contributed by atoms with Gasteiger partial charge in [-0.1, -0.05) is 123 Å². The second-order valence-corrected chi connectivity index (χ2v) is 8.86. The van der Waals surface area contributed by atoms with Gasteiger partial charge in [0.05, 0.1) is 25.4 Å². The summed E-state index contributed by atoms with van der Waals surface area (Å²) in [5.74, 6) is 0.609. The molecule has 5 nitrogen and oxygen atoms in total. The monoisotopic (exact) mass is 546 g/mol. The van der Waals surface area contributed by atoms with Gasteiger partial charge in [0, 0.05) is 11.5 Å². The standard InChI is InChI=1S/2C11H14O2.C7H6O.C5H8.CH4/c1-2-9(8-12)11(13)10-6-4-3-5-7-10;12-9-5-4-8-11(13)10-6-2-1-3-7-10;8-6-7-4-2-1-3-5-7;1-2-5-3-4-5;/h2-7,9,11-13H,1,8H2;1-7,11-13H,8-9H2;1-6H;2,5H,1,3-4H2;1H4. The largest absolute Gasteiger partial charge is 0.396 e. The highest BCUT2D eigenvalue weighted by Crippen LogP contribution is 2.29. The van der Waals surface area contributed by atoms with Crippen LogP contribution in [0.3, 0.4) is 0 Å². The fraction of sp³-hybridized carbons (Fsp3) is 0.286. The first kappa shape index (κ1) is 36.4. The molecule has 1 saturated carbocycles. The first-order valence-corrected chi connectivity index (χ1v) is 13.1. The lowest BCUT2D eigenvalue weighted by Gasteiger charge is -2.17. The molecule has 0 heterocycles. The fourth-order valence-electron chi connectivity index (χ4n) is 3.18. The summed E-state index contributed by atoms with van der Waals surface area (Å²) < 4.78 is 0. The summed E-state index contributed by atoms with van der Waals surface area (Å²) in [6, 6.07) is 27.8. The lowest BCUT2D eigenvalue weighted by atomic mass is 9.97. The van der Waals surface area contributed by atoms with Gasteiger partial charge in [0.2, 0.25) is 0 Å². The van der Waals surface area contributed by atoms with Crippen LogP contribution in [0, 0.1) is 11.8 Å². The number of aldehydes is 1. The molecule has 0 aromatic heterocycles. The summed E-state index contributed by atoms with van der Waals surface area (Å²) in [5.41, 5.74) is 2.44. The molecule has 3 atom stereocenters. The minimum Gasteiger partial charge on any atom is -0.396 e. The van der Waals surface area contributed by atoms with Crippen molar-refractivity contribution in [2.24, 2.45) is 11.8 Å². The lowest BCUT2D eigenvalue weighted by molar-refractivity contribution is 0.0921. The molecule has 3 aromatic carbocycles. The fourth-order valence-corrected chi connectivity index (χ4v) is 3.18. The molecule has 5 heteroatoms. The molecule has 0 radical (unpaired) electrons. The van der Waals surface area contributed by atoms with Crippen LogP contribution < -0.4 is 0 Å². The number of hydrogen-bond donors (Lipinski definition) is 4. The van der Waals surface area contributed by atoms with Gasteiger partial charge in [-0.2, -0.15) is 0 Å². The molecule has 216 valence electrons. The van der Waals surface area contributed by atoms with E-state index in [4.69, 9.17) is 10.2 Å². The number of carbonyl (C=O) groups excluding carboxylic acids is 1. The second-order valence-electron chi connectivity index (χ2n) is 8.86. The van der Waals surface area contributed by atoms with Gasteiger partial charge in [0.25, 0.3) is 0 Å². The summed E-state index contributed by atoms with van der Waals surface area (Å²) in [5, 5.41) is 36.8. The van der Waals surface area contributed by atoms with E-state index in [1.807, 2.05) is 84.9 Å². The molecule has 1 aliphatic rings. The van der Waals surface area contributed by atoms with Crippen molar-refractivity contribution in [3.05, 3.63) is 145 Å². The Hall–Kier alpha value is -3.61. The van der Waals surface area contributed by atoms with Crippen molar-refractivity contribution in [1.82, 2.24) is 0 Å². The van der Waals surface area contributed by atoms with E-state index in [9.17, 15) is 15.0 Å². The van der Waals surface area contributed by atoms with Crippen LogP contribution in [-0.4, -0.2) is 39.9 Å². The van der Waals surface area contributed by atoms with Crippen molar-refractivity contribution in [3.63, 3.8) is 0 Å². The maximum atomic E-state index is 10.0. The van der Waals surface area contributed by atoms with E-state index >= 15 is 0 Å². The Morgan fingerprint density at radius 3 is 1.62 bits per heavy atom. The molecule has 0 saturated heterocycles. The highest BCUT2D eigenvalue weighted by molar-refractivity contribution is 5.74. The minimum absolute atomic E-state index is 0. The average molecular weight is 547 g/mol. The van der Waals surface area contributed by atoms with Crippen LogP contribution in [0.2, 0.25) is 0 Å². The maximum absolute atomic E-state index is 10.0. The topological polar surface area (TPSA) is 98.0 Å². The Bertz CT molecular complexity index is 1050. The van der Waals surface area contributed by atoms with Crippen LogP contribution in [-0.2, 0) is 0 Å². The quantitative estimate of drug-likeness (QED) is 0.164. The van der Waals surface area contributed by atoms with E-state index in [-0.39, 0.29) is 26.6 Å². The normalized spacial score (nSPS) is 13.7. The zero-order chi connectivity index (χ0) is 28.7. The van der Waals surface area contributed by atoms with Crippen molar-refractivity contribution in [3.8, 4) is 0 Å². The van der Waals surface area contributed by atoms with Gasteiger partial charge in [-0.15, -0.1) is 13.2 Å². The van der Waals surface area contributed by atoms with Gasteiger partial charge >= 0.3 is 0 Å². The predicted molar refractivity (Wildman–Crippen MR) is 166 cm³/mol. The molecule has 3 unspecified atom stereocenters. The average Bonchev–Trinajstić information content (AvgIpc) is 3.85. The highest BCUT2D eigenvalue weighted by Gasteiger charge is 2.16. The third-order valence-corrected chi connectivity index (χ3v) is 5.77. The first-order valence-electron chi connectivity index (χ1n) is 13.1. The Kier molecular flexibility index (Phi) is 21.2. The number of aliphatic hydroxyl groups excluding tert-OH is 4. The van der Waals surface area contributed by atoms with E-state index in [1.165, 1.54) is 12.8 Å². The SMILES string of the molecule is C.C=CC(CO)C(O)c1ccccc1.C=CC1CC1.O=Cc1ccccc1.OCC=CCC(O)c1ccccc1. The number of aliphatic hydroxyl groups is 4. The third-order valence-electron chi connectivity index (χ3n) is 5.77. The van der Waals surface area contributed by atoms with Crippen molar-refractivity contribution >= 4 is 6.29 Å². The van der Waals surface area contributed by atoms with Crippen LogP contribution in [0.1, 0.15) is 60.4 Å². The number of allylic oxidation sites excluding steroid dienone is 1. The summed E-state index contributed by atoms with van der Waals surface area (Å²) in [4.78, 5) is 10.0. The van der Waals surface area contributed by atoms with Gasteiger partial charge in [-0.3, -0.25) is 4.79 Å². The highest BCUT2D eigenvalue weighted by atomic mass is 16.3. The number of carbonyl (C=O) groups is 1. The summed E-state index contributed by atoms with van der Waals surface area (Å²) in [6.07, 6.45) is 10.0. The van der Waals surface area contributed by atoms with Gasteiger partial charge < -0.3 is 20.4 Å². The molecule has 0 spiro atoms. The molecule has 0 aliphatic heterocycles. The van der Waals surface area contributed by atoms with Crippen LogP contribution in [0.15, 0.2) is 128 Å². The third kappa shape index (κ3) is 16.4. The van der Waals surface area contributed by atoms with E-state index in [0.717, 1.165) is 28.9 Å². The second kappa shape index (κ2) is 23.3. The van der Waals surface area contributed by atoms with Crippen molar-refractivity contribution < 1.29 is 25.2 Å². The summed E-state index contributed by atoms with van der Waals surface area (Å²) in [7, 11) is 0. The Morgan fingerprint density at radius 1 is 0.775 bits per heavy atom. The zero-order valence-electron chi connectivity index (χ0n) is 22.5. The first-order chi connectivity index (χ1) is 19.0. The van der Waals surface area contributed by atoms with Crippen LogP contribution in [0.5, 0.6) is 0 Å². The van der Waals surface area contributed by atoms with E-state index in [2.05, 4.69) is 13.2 Å². The predicted octanol–water partition coefficient (Wildman–Crippen LogP) is 6.89. The minimum atomic E-state index is -0.663. The van der Waals surface area contributed by atoms with Gasteiger partial charge in [0.1, 0.15) is 6.29 Å². The van der Waals surface area contributed by atoms with Gasteiger partial charge in [0.15, 0.2) is 0 Å². The number of hydrogen-bond acceptors (Lipinski definition) is 5. The molecule has 4 rings (SSSR count). The molecular formula is C35H46O5. The molecule has 40 heavy (non-hydrogen) atoms. The molecule has 1 fully saturated rings. The smallest absolute Gasteiger partial charge is 0.150 e. The van der Waals surface area contributed by atoms with Gasteiger partial charge in [-0.05, 0) is 36.3 Å². The van der Waals surface area contributed by atoms with E-state index < -0.39 is 12.2 Å². The lowest BCUT2D eigenvalue weighted by Crippen LogP contribution is -2.13. The Labute approximate surface area is 240 Å². The van der Waals surface area contributed by atoms with E-state index in [0.29, 0.717) is 6.42 Å². The molecule has 3 aromatic rings. The summed E-state index contributed by atoms with van der Waals surface area (Å²) >= 11 is 0. The summed E-state index contributed by atoms with van der Waals surface area (Å²) in [6.45, 7) is 7.13. The van der Waals surface area contributed by atoms with Crippen molar-refractivity contribution in [2.45, 2.75) is 38.9 Å². The van der Waals surface area contributed by atoms with Crippen molar-refractivity contribution in [1.29, 1.82) is 0 Å². The van der Waals surface area contributed by atoms with Crippen molar-refractivity contribution in [2.75, 3.05) is 13.2 Å². The maximum Gasteiger partial charge on any atom is 0.150 e. The Balaban J connectivity index is 0.000000529. The van der Waals surface area contributed by atoms with Crippen LogP contribution in [0.4, 0.5) is 0 Å². The molecule has 0 bridgehead atoms. The molecule has 1 aliphatic carbocycles. The van der Waals surface area contributed by atoms with Crippen LogP contribution >= 0.6 is 0 Å². The van der Waals surface area contributed by atoms with Gasteiger partial charge in [-0.25, -0.2) is 0 Å². The van der Waals surface area contributed by atoms with E-state index in [1.54, 1.807) is 30.4 Å².